The van der Waals surface area contributed by atoms with Crippen molar-refractivity contribution in [1.82, 2.24) is 20.0 Å². The van der Waals surface area contributed by atoms with Crippen LogP contribution in [0.2, 0.25) is 5.02 Å². The number of benzene rings is 2. The Hall–Kier alpha value is -3.70. The molecule has 7 nitrogen and oxygen atoms in total. The fourth-order valence-corrected chi connectivity index (χ4v) is 4.85. The lowest BCUT2D eigenvalue weighted by atomic mass is 10.0. The molecular formula is C27H25ClFN7. The van der Waals surface area contributed by atoms with Crippen LogP contribution in [0, 0.1) is 23.1 Å². The molecule has 0 amide bonds. The first-order chi connectivity index (χ1) is 17.9. The molecule has 0 aliphatic heterocycles. The van der Waals surface area contributed by atoms with Crippen molar-refractivity contribution >= 4 is 33.9 Å². The number of halogens is 2. The fourth-order valence-electron chi connectivity index (χ4n) is 4.59. The summed E-state index contributed by atoms with van der Waals surface area (Å²) in [7, 11) is 0. The van der Waals surface area contributed by atoms with Gasteiger partial charge in [0.05, 0.1) is 41.4 Å². The average molecular weight is 503 g/mol. The number of rotatable bonds is 8. The van der Waals surface area contributed by atoms with E-state index in [-0.39, 0.29) is 0 Å². The molecule has 0 spiro atoms. The van der Waals surface area contributed by atoms with Gasteiger partial charge in [0.1, 0.15) is 17.6 Å². The number of nitrogens with one attached hydrogen (secondary N) is 2. The summed E-state index contributed by atoms with van der Waals surface area (Å²) >= 11 is 6.68. The highest BCUT2D eigenvalue weighted by Gasteiger charge is 2.36. The molecule has 36 heavy (non-hydrogen) atoms. The molecule has 3 atom stereocenters. The fraction of sp³-hybridized carbons (Fsp3) is 0.333. The van der Waals surface area contributed by atoms with E-state index in [1.165, 1.54) is 18.3 Å². The molecule has 2 aliphatic rings. The van der Waals surface area contributed by atoms with Gasteiger partial charge in [0.2, 0.25) is 0 Å². The van der Waals surface area contributed by atoms with Gasteiger partial charge in [0.25, 0.3) is 0 Å². The minimum atomic E-state index is -1.57. The van der Waals surface area contributed by atoms with Crippen molar-refractivity contribution in [3.8, 4) is 6.07 Å². The number of nitriles is 1. The summed E-state index contributed by atoms with van der Waals surface area (Å²) in [5, 5.41) is 26.2. The number of hydrogen-bond donors (Lipinski definition) is 2. The van der Waals surface area contributed by atoms with E-state index in [4.69, 9.17) is 11.6 Å². The van der Waals surface area contributed by atoms with Crippen LogP contribution in [0.5, 0.6) is 0 Å². The summed E-state index contributed by atoms with van der Waals surface area (Å²) in [6.07, 6.45) is 7.48. The molecule has 182 valence electrons. The maximum absolute atomic E-state index is 13.8. The molecule has 0 saturated heterocycles. The lowest BCUT2D eigenvalue weighted by Gasteiger charge is -2.20. The van der Waals surface area contributed by atoms with Crippen LogP contribution in [0.15, 0.2) is 48.8 Å². The first-order valence-corrected chi connectivity index (χ1v) is 12.5. The van der Waals surface area contributed by atoms with Crippen molar-refractivity contribution in [2.75, 3.05) is 10.6 Å². The van der Waals surface area contributed by atoms with Gasteiger partial charge >= 0.3 is 0 Å². The normalized spacial score (nSPS) is 20.9. The zero-order valence-corrected chi connectivity index (χ0v) is 20.4. The van der Waals surface area contributed by atoms with Gasteiger partial charge in [-0.05, 0) is 55.0 Å². The summed E-state index contributed by atoms with van der Waals surface area (Å²) in [5.41, 5.74) is 3.12. The largest absolute Gasteiger partial charge is 0.380 e. The van der Waals surface area contributed by atoms with Crippen LogP contribution in [0.25, 0.3) is 10.9 Å². The topological polar surface area (TPSA) is 91.5 Å². The van der Waals surface area contributed by atoms with Gasteiger partial charge in [-0.15, -0.1) is 5.10 Å². The smallest absolute Gasteiger partial charge is 0.123 e. The summed E-state index contributed by atoms with van der Waals surface area (Å²) in [4.78, 5) is 4.44. The third kappa shape index (κ3) is 4.35. The maximum Gasteiger partial charge on any atom is 0.123 e. The lowest BCUT2D eigenvalue weighted by molar-refractivity contribution is 0.610. The average Bonchev–Trinajstić information content (AvgIpc) is 3.82. The third-order valence-electron chi connectivity index (χ3n) is 6.91. The highest BCUT2D eigenvalue weighted by Crippen LogP contribution is 2.41. The highest BCUT2D eigenvalue weighted by molar-refractivity contribution is 6.35. The Labute approximate surface area is 214 Å². The SMILES string of the molecule is [2H][C@@](Nc1cc(Cl)c2ncc(C#N)c(N[C@@H]3C[C@H]3CC)c2c1)(c1ccc(F)cc1)c1cn(C2CC2)nn1. The molecule has 0 unspecified atom stereocenters. The molecule has 0 bridgehead atoms. The maximum atomic E-state index is 13.8. The molecule has 2 N–H and O–H groups in total. The van der Waals surface area contributed by atoms with Crippen molar-refractivity contribution < 1.29 is 5.76 Å². The molecule has 4 aromatic rings. The van der Waals surface area contributed by atoms with E-state index in [1.54, 1.807) is 29.1 Å². The molecule has 2 heterocycles. The quantitative estimate of drug-likeness (QED) is 0.296. The first-order valence-electron chi connectivity index (χ1n) is 12.6. The summed E-state index contributed by atoms with van der Waals surface area (Å²) in [6, 6.07) is 10.6. The summed E-state index contributed by atoms with van der Waals surface area (Å²) in [5.74, 6) is 0.178. The Morgan fingerprint density at radius 2 is 2.11 bits per heavy atom. The number of pyridine rings is 1. The van der Waals surface area contributed by atoms with Crippen LogP contribution in [0.3, 0.4) is 0 Å². The van der Waals surface area contributed by atoms with Gasteiger partial charge in [-0.3, -0.25) is 4.98 Å². The number of hydrogen-bond acceptors (Lipinski definition) is 6. The van der Waals surface area contributed by atoms with Crippen LogP contribution in [-0.4, -0.2) is 26.0 Å². The van der Waals surface area contributed by atoms with Gasteiger partial charge in [0.15, 0.2) is 0 Å². The summed E-state index contributed by atoms with van der Waals surface area (Å²) in [6.45, 7) is 2.16. The predicted molar refractivity (Wildman–Crippen MR) is 137 cm³/mol. The first kappa shape index (κ1) is 21.6. The van der Waals surface area contributed by atoms with Crippen LogP contribution in [0.4, 0.5) is 15.8 Å². The van der Waals surface area contributed by atoms with Crippen molar-refractivity contribution in [2.24, 2.45) is 5.92 Å². The van der Waals surface area contributed by atoms with E-state index in [0.29, 0.717) is 62.1 Å². The minimum Gasteiger partial charge on any atom is -0.380 e. The second kappa shape index (κ2) is 9.07. The molecule has 0 radical (unpaired) electrons. The standard InChI is InChI=1S/C27H25ClFN7/c1-2-15-9-23(15)33-25-17(12-30)13-31-27-21(25)10-19(11-22(27)28)32-26(16-3-5-18(29)6-4-16)24-14-36(35-34-24)20-7-8-20/h3-6,10-11,13-15,20,23,26,32H,2,7-9H2,1H3,(H,31,33)/t15-,23-,26-/m1/s1/i26D. The van der Waals surface area contributed by atoms with E-state index in [0.717, 1.165) is 25.7 Å². The Balaban J connectivity index is 1.45. The van der Waals surface area contributed by atoms with Gasteiger partial charge in [-0.25, -0.2) is 9.07 Å². The molecule has 6 rings (SSSR count). The monoisotopic (exact) mass is 502 g/mol. The predicted octanol–water partition coefficient (Wildman–Crippen LogP) is 6.24. The van der Waals surface area contributed by atoms with Crippen molar-refractivity contribution in [3.05, 3.63) is 76.5 Å². The van der Waals surface area contributed by atoms with Gasteiger partial charge in [0, 0.05) is 23.3 Å². The molecule has 2 aliphatic carbocycles. The Morgan fingerprint density at radius 1 is 1.31 bits per heavy atom. The van der Waals surface area contributed by atoms with Crippen molar-refractivity contribution in [2.45, 2.75) is 50.7 Å². The molecular weight excluding hydrogens is 477 g/mol. The van der Waals surface area contributed by atoms with Crippen LogP contribution >= 0.6 is 11.6 Å². The van der Waals surface area contributed by atoms with E-state index >= 15 is 0 Å². The highest BCUT2D eigenvalue weighted by atomic mass is 35.5. The zero-order chi connectivity index (χ0) is 25.7. The Morgan fingerprint density at radius 3 is 2.81 bits per heavy atom. The van der Waals surface area contributed by atoms with Gasteiger partial charge in [-0.1, -0.05) is 42.3 Å². The van der Waals surface area contributed by atoms with E-state index in [9.17, 15) is 11.0 Å². The second-order valence-corrected chi connectivity index (χ2v) is 9.90. The number of aromatic nitrogens is 4. The molecule has 2 saturated carbocycles. The Kier molecular flexibility index (Phi) is 5.43. The summed E-state index contributed by atoms with van der Waals surface area (Å²) < 4.78 is 25.0. The number of nitrogens with zero attached hydrogens (tertiary/aromatic N) is 5. The molecule has 2 aromatic carbocycles. The van der Waals surface area contributed by atoms with Crippen LogP contribution in [-0.2, 0) is 0 Å². The molecule has 2 fully saturated rings. The van der Waals surface area contributed by atoms with E-state index < -0.39 is 11.8 Å². The number of fused-ring (bicyclic) bond motifs is 1. The van der Waals surface area contributed by atoms with E-state index in [1.807, 2.05) is 6.07 Å². The molecule has 2 aromatic heterocycles. The molecule has 9 heteroatoms. The zero-order valence-electron chi connectivity index (χ0n) is 20.7. The van der Waals surface area contributed by atoms with Crippen molar-refractivity contribution in [1.29, 1.82) is 5.26 Å². The van der Waals surface area contributed by atoms with Crippen molar-refractivity contribution in [3.63, 3.8) is 0 Å². The minimum absolute atomic E-state index is 0.296. The van der Waals surface area contributed by atoms with Crippen LogP contribution < -0.4 is 10.6 Å². The van der Waals surface area contributed by atoms with Gasteiger partial charge < -0.3 is 10.6 Å². The van der Waals surface area contributed by atoms with E-state index in [2.05, 4.69) is 38.9 Å². The van der Waals surface area contributed by atoms with Gasteiger partial charge in [-0.2, -0.15) is 5.26 Å². The number of anilines is 2. The van der Waals surface area contributed by atoms with Crippen LogP contribution in [0.1, 0.15) is 62.9 Å². The third-order valence-corrected chi connectivity index (χ3v) is 7.20. The second-order valence-electron chi connectivity index (χ2n) is 9.49. The lowest BCUT2D eigenvalue weighted by Crippen LogP contribution is -2.13. The Bertz CT molecular complexity index is 1530.